The van der Waals surface area contributed by atoms with E-state index in [4.69, 9.17) is 23.7 Å². The van der Waals surface area contributed by atoms with Crippen LogP contribution in [-0.4, -0.2) is 194 Å². The molecule has 2 atom stereocenters. The van der Waals surface area contributed by atoms with Gasteiger partial charge in [-0.3, -0.25) is 0 Å². The monoisotopic (exact) mass is 656 g/mol. The lowest BCUT2D eigenvalue weighted by molar-refractivity contribution is 0.103. The zero-order valence-electron chi connectivity index (χ0n) is 33.7. The van der Waals surface area contributed by atoms with Crippen LogP contribution in [0.5, 0.6) is 0 Å². The SMILES string of the molecule is CCN(C)CCCOC.CCN(CC)CCCOC.COC(C)CCN(C)C.COCCC(C)N(C)C.COCCCN(C)C. The van der Waals surface area contributed by atoms with Gasteiger partial charge in [0.15, 0.2) is 0 Å². The number of rotatable bonds is 23. The molecule has 0 rings (SSSR count). The fourth-order valence-electron chi connectivity index (χ4n) is 3.24. The van der Waals surface area contributed by atoms with Crippen LogP contribution in [0.2, 0.25) is 0 Å². The third kappa shape index (κ3) is 59.5. The molecule has 0 bridgehead atoms. The van der Waals surface area contributed by atoms with Crippen molar-refractivity contribution in [1.82, 2.24) is 24.5 Å². The van der Waals surface area contributed by atoms with Crippen LogP contribution in [-0.2, 0) is 23.7 Å². The van der Waals surface area contributed by atoms with E-state index in [1.54, 1.807) is 35.5 Å². The Morgan fingerprint density at radius 2 is 0.911 bits per heavy atom. The van der Waals surface area contributed by atoms with E-state index < -0.39 is 0 Å². The molecular formula is C35H85N5O5. The van der Waals surface area contributed by atoms with E-state index in [1.165, 1.54) is 6.54 Å². The Balaban J connectivity index is -0.000000148. The highest BCUT2D eigenvalue weighted by Crippen LogP contribution is 1.97. The summed E-state index contributed by atoms with van der Waals surface area (Å²) in [6, 6.07) is 0.630. The first kappa shape index (κ1) is 54.1. The molecule has 45 heavy (non-hydrogen) atoms. The lowest BCUT2D eigenvalue weighted by Gasteiger charge is -2.18. The average Bonchev–Trinajstić information content (AvgIpc) is 3.02. The first-order chi connectivity index (χ1) is 21.3. The molecule has 0 aromatic rings. The van der Waals surface area contributed by atoms with Crippen LogP contribution in [0.4, 0.5) is 0 Å². The van der Waals surface area contributed by atoms with E-state index in [0.29, 0.717) is 12.1 Å². The van der Waals surface area contributed by atoms with Crippen LogP contribution in [0, 0.1) is 0 Å². The van der Waals surface area contributed by atoms with Gasteiger partial charge in [0.05, 0.1) is 6.10 Å². The summed E-state index contributed by atoms with van der Waals surface area (Å²) < 4.78 is 24.7. The highest BCUT2D eigenvalue weighted by Gasteiger charge is 2.02. The predicted molar refractivity (Wildman–Crippen MR) is 198 cm³/mol. The van der Waals surface area contributed by atoms with E-state index in [0.717, 1.165) is 97.8 Å². The van der Waals surface area contributed by atoms with Crippen molar-refractivity contribution >= 4 is 0 Å². The molecule has 0 N–H and O–H groups in total. The second-order valence-corrected chi connectivity index (χ2v) is 12.0. The van der Waals surface area contributed by atoms with E-state index in [2.05, 4.69) is 108 Å². The molecule has 10 nitrogen and oxygen atoms in total. The maximum atomic E-state index is 5.07. The van der Waals surface area contributed by atoms with Crippen molar-refractivity contribution in [3.8, 4) is 0 Å². The average molecular weight is 656 g/mol. The van der Waals surface area contributed by atoms with Gasteiger partial charge in [-0.1, -0.05) is 20.8 Å². The Hall–Kier alpha value is -0.400. The van der Waals surface area contributed by atoms with Crippen LogP contribution in [0.1, 0.15) is 66.7 Å². The van der Waals surface area contributed by atoms with Crippen molar-refractivity contribution in [2.75, 3.05) is 157 Å². The molecule has 280 valence electrons. The Bertz CT molecular complexity index is 487. The molecule has 0 aromatic carbocycles. The second-order valence-electron chi connectivity index (χ2n) is 12.0. The molecule has 0 saturated heterocycles. The largest absolute Gasteiger partial charge is 0.385 e. The van der Waals surface area contributed by atoms with Crippen molar-refractivity contribution in [3.05, 3.63) is 0 Å². The van der Waals surface area contributed by atoms with Crippen LogP contribution in [0.15, 0.2) is 0 Å². The van der Waals surface area contributed by atoms with Gasteiger partial charge in [-0.05, 0) is 128 Å². The Morgan fingerprint density at radius 3 is 1.24 bits per heavy atom. The number of nitrogens with zero attached hydrogens (tertiary/aromatic N) is 5. The molecule has 0 spiro atoms. The molecule has 0 heterocycles. The van der Waals surface area contributed by atoms with Gasteiger partial charge in [-0.2, -0.15) is 0 Å². The predicted octanol–water partition coefficient (Wildman–Crippen LogP) is 4.87. The summed E-state index contributed by atoms with van der Waals surface area (Å²) >= 11 is 0. The molecular weight excluding hydrogens is 570 g/mol. The van der Waals surface area contributed by atoms with Gasteiger partial charge < -0.3 is 48.2 Å². The number of hydrogen-bond donors (Lipinski definition) is 0. The van der Waals surface area contributed by atoms with E-state index in [-0.39, 0.29) is 0 Å². The van der Waals surface area contributed by atoms with Crippen molar-refractivity contribution in [3.63, 3.8) is 0 Å². The molecule has 0 radical (unpaired) electrons. The van der Waals surface area contributed by atoms with Crippen LogP contribution >= 0.6 is 0 Å². The van der Waals surface area contributed by atoms with Gasteiger partial charge in [0.2, 0.25) is 0 Å². The van der Waals surface area contributed by atoms with E-state index >= 15 is 0 Å². The summed E-state index contributed by atoms with van der Waals surface area (Å²) in [4.78, 5) is 11.2. The molecule has 2 unspecified atom stereocenters. The summed E-state index contributed by atoms with van der Waals surface area (Å²) in [5.74, 6) is 0. The lowest BCUT2D eigenvalue weighted by atomic mass is 10.2. The topological polar surface area (TPSA) is 62.4 Å². The lowest BCUT2D eigenvalue weighted by Crippen LogP contribution is -2.25. The number of hydrogen-bond acceptors (Lipinski definition) is 10. The fraction of sp³-hybridized carbons (Fsp3) is 1.00. The molecule has 0 aliphatic carbocycles. The van der Waals surface area contributed by atoms with Crippen molar-refractivity contribution < 1.29 is 23.7 Å². The minimum absolute atomic E-state index is 0.396. The molecule has 0 aliphatic heterocycles. The first-order valence-corrected chi connectivity index (χ1v) is 17.1. The van der Waals surface area contributed by atoms with Crippen LogP contribution in [0.3, 0.4) is 0 Å². The molecule has 0 aliphatic rings. The van der Waals surface area contributed by atoms with E-state index in [1.807, 2.05) is 0 Å². The van der Waals surface area contributed by atoms with Gasteiger partial charge in [-0.15, -0.1) is 0 Å². The summed E-state index contributed by atoms with van der Waals surface area (Å²) in [6.07, 6.45) is 6.04. The van der Waals surface area contributed by atoms with Gasteiger partial charge in [0.1, 0.15) is 0 Å². The number of methoxy groups -OCH3 is 5. The summed E-state index contributed by atoms with van der Waals surface area (Å²) in [7, 11) is 23.3. The quantitative estimate of drug-likeness (QED) is 0.143. The highest BCUT2D eigenvalue weighted by molar-refractivity contribution is 4.57. The minimum atomic E-state index is 0.396. The Labute approximate surface area is 284 Å². The maximum absolute atomic E-state index is 5.07. The molecule has 10 heteroatoms. The fourth-order valence-corrected chi connectivity index (χ4v) is 3.24. The van der Waals surface area contributed by atoms with Crippen molar-refractivity contribution in [2.45, 2.75) is 78.9 Å². The molecule has 0 aromatic heterocycles. The Morgan fingerprint density at radius 1 is 0.489 bits per heavy atom. The third-order valence-corrected chi connectivity index (χ3v) is 7.11. The summed E-state index contributed by atoms with van der Waals surface area (Å²) in [5, 5.41) is 0. The van der Waals surface area contributed by atoms with Gasteiger partial charge >= 0.3 is 0 Å². The molecule has 0 amide bonds. The van der Waals surface area contributed by atoms with Crippen molar-refractivity contribution in [2.24, 2.45) is 0 Å². The minimum Gasteiger partial charge on any atom is -0.385 e. The van der Waals surface area contributed by atoms with Gasteiger partial charge in [-0.25, -0.2) is 0 Å². The van der Waals surface area contributed by atoms with Gasteiger partial charge in [0, 0.05) is 81.1 Å². The third-order valence-electron chi connectivity index (χ3n) is 7.11. The van der Waals surface area contributed by atoms with E-state index in [9.17, 15) is 0 Å². The number of ether oxygens (including phenoxy) is 5. The second kappa shape index (κ2) is 45.7. The zero-order chi connectivity index (χ0) is 35.9. The van der Waals surface area contributed by atoms with Crippen molar-refractivity contribution in [1.29, 1.82) is 0 Å². The Kier molecular flexibility index (Phi) is 54.9. The van der Waals surface area contributed by atoms with Gasteiger partial charge in [0.25, 0.3) is 0 Å². The maximum Gasteiger partial charge on any atom is 0.0555 e. The van der Waals surface area contributed by atoms with Crippen LogP contribution in [0.25, 0.3) is 0 Å². The normalized spacial score (nSPS) is 12.1. The molecule has 0 saturated carbocycles. The smallest absolute Gasteiger partial charge is 0.0555 e. The summed E-state index contributed by atoms with van der Waals surface area (Å²) in [5.41, 5.74) is 0. The first-order valence-electron chi connectivity index (χ1n) is 17.1. The summed E-state index contributed by atoms with van der Waals surface area (Å²) in [6.45, 7) is 22.3. The molecule has 0 fully saturated rings. The standard InChI is InChI=1S/C8H19NO.3C7H17NO.C6H15NO/c1-4-9(5-2)7-6-8-10-3;1-7(8(2)3)5-6-9-4;1-7(9-4)5-6-8(2)3;1-4-8(2)6-5-7-9-3;1-7(2)5-4-6-8-3/h4-8H2,1-3H3;2*7H,5-6H2,1-4H3;4-7H2,1-3H3;4-6H2,1-3H3. The van der Waals surface area contributed by atoms with Crippen LogP contribution < -0.4 is 0 Å². The highest BCUT2D eigenvalue weighted by atomic mass is 16.5. The zero-order valence-corrected chi connectivity index (χ0v) is 33.7.